The van der Waals surface area contributed by atoms with E-state index in [0.717, 1.165) is 23.5 Å². The number of fused-ring (bicyclic) bond motifs is 1. The molecular formula is C18H21NO5S2. The first-order valence-corrected chi connectivity index (χ1v) is 9.90. The molecule has 1 aromatic carbocycles. The third-order valence-electron chi connectivity index (χ3n) is 4.08. The molecular weight excluding hydrogens is 374 g/mol. The molecule has 1 amide bonds. The Bertz CT molecular complexity index is 759. The maximum absolute atomic E-state index is 13.1. The van der Waals surface area contributed by atoms with E-state index < -0.39 is 5.41 Å². The minimum Gasteiger partial charge on any atom is -0.507 e. The van der Waals surface area contributed by atoms with Crippen LogP contribution in [0.1, 0.15) is 20.8 Å². The molecule has 0 spiro atoms. The maximum atomic E-state index is 13.1. The second-order valence-corrected chi connectivity index (χ2v) is 9.41. The Morgan fingerprint density at radius 2 is 1.54 bits per heavy atom. The number of thioether (sulfide) groups is 2. The number of benzene rings is 1. The fourth-order valence-electron chi connectivity index (χ4n) is 2.62. The van der Waals surface area contributed by atoms with E-state index in [-0.39, 0.29) is 28.8 Å². The van der Waals surface area contributed by atoms with E-state index in [2.05, 4.69) is 0 Å². The number of Topliss-reactive ketones (excluding diaryl/α,β-unsaturated/α-hetero) is 1. The minimum absolute atomic E-state index is 0.0201. The smallest absolute Gasteiger partial charge is 0.259 e. The van der Waals surface area contributed by atoms with Gasteiger partial charge in [0.05, 0.1) is 27.2 Å². The number of nitrogens with zero attached hydrogens (tertiary/aromatic N) is 1. The van der Waals surface area contributed by atoms with Crippen LogP contribution in [0.15, 0.2) is 31.7 Å². The van der Waals surface area contributed by atoms with Crippen molar-refractivity contribution in [2.45, 2.75) is 30.6 Å². The van der Waals surface area contributed by atoms with Crippen LogP contribution in [0.3, 0.4) is 0 Å². The van der Waals surface area contributed by atoms with Crippen molar-refractivity contribution in [1.82, 2.24) is 4.90 Å². The van der Waals surface area contributed by atoms with Crippen LogP contribution in [0, 0.1) is 5.41 Å². The second-order valence-electron chi connectivity index (χ2n) is 7.11. The van der Waals surface area contributed by atoms with Crippen molar-refractivity contribution >= 4 is 35.2 Å². The van der Waals surface area contributed by atoms with Gasteiger partial charge in [-0.2, -0.15) is 0 Å². The highest BCUT2D eigenvalue weighted by Gasteiger charge is 2.38. The van der Waals surface area contributed by atoms with Crippen molar-refractivity contribution in [2.24, 2.45) is 5.41 Å². The number of phenolic OH excluding ortho intramolecular Hbond substituents is 2. The van der Waals surface area contributed by atoms with Crippen LogP contribution < -0.4 is 0 Å². The van der Waals surface area contributed by atoms with Gasteiger partial charge in [-0.1, -0.05) is 44.3 Å². The standard InChI is InChI=1S/C18H21NO5S2/c1-18(2,3)15(22)12(16(23)19-6-8-24-9-7-19)17-25-13-10(20)4-5-11(21)14(13)26-17/h4-5,20-21H,6-9H2,1-3H3. The van der Waals surface area contributed by atoms with Gasteiger partial charge in [0.15, 0.2) is 5.78 Å². The summed E-state index contributed by atoms with van der Waals surface area (Å²) in [7, 11) is 0. The zero-order valence-corrected chi connectivity index (χ0v) is 16.5. The number of hydrogen-bond acceptors (Lipinski definition) is 7. The Morgan fingerprint density at radius 1 is 1.04 bits per heavy atom. The minimum atomic E-state index is -0.732. The largest absolute Gasteiger partial charge is 0.507 e. The lowest BCUT2D eigenvalue weighted by atomic mass is 9.86. The maximum Gasteiger partial charge on any atom is 0.259 e. The first kappa shape index (κ1) is 19.1. The highest BCUT2D eigenvalue weighted by Crippen LogP contribution is 2.58. The van der Waals surface area contributed by atoms with E-state index in [4.69, 9.17) is 4.74 Å². The molecule has 2 aliphatic rings. The van der Waals surface area contributed by atoms with Gasteiger partial charge in [0.25, 0.3) is 5.91 Å². The molecule has 0 unspecified atom stereocenters. The number of hydrogen-bond donors (Lipinski definition) is 2. The fourth-order valence-corrected chi connectivity index (χ4v) is 5.22. The van der Waals surface area contributed by atoms with Crippen LogP contribution >= 0.6 is 23.5 Å². The van der Waals surface area contributed by atoms with Gasteiger partial charge in [0.2, 0.25) is 0 Å². The van der Waals surface area contributed by atoms with E-state index in [1.54, 1.807) is 25.7 Å². The molecule has 0 saturated carbocycles. The van der Waals surface area contributed by atoms with Crippen LogP contribution in [0.4, 0.5) is 0 Å². The summed E-state index contributed by atoms with van der Waals surface area (Å²) >= 11 is 2.31. The van der Waals surface area contributed by atoms with Crippen LogP contribution in [0.25, 0.3) is 0 Å². The topological polar surface area (TPSA) is 87.1 Å². The first-order chi connectivity index (χ1) is 12.2. The lowest BCUT2D eigenvalue weighted by Crippen LogP contribution is -2.44. The lowest BCUT2D eigenvalue weighted by molar-refractivity contribution is -0.134. The SMILES string of the molecule is CC(C)(C)C(=O)C(C(=O)N1CCOCC1)=C1Sc2c(O)ccc(O)c2S1. The van der Waals surface area contributed by atoms with Gasteiger partial charge in [-0.3, -0.25) is 9.59 Å². The zero-order valence-electron chi connectivity index (χ0n) is 14.9. The van der Waals surface area contributed by atoms with E-state index in [1.807, 2.05) is 0 Å². The summed E-state index contributed by atoms with van der Waals surface area (Å²) in [5.41, 5.74) is -0.617. The molecule has 140 valence electrons. The molecule has 1 aromatic rings. The molecule has 2 heterocycles. The van der Waals surface area contributed by atoms with Crippen LogP contribution in [0.5, 0.6) is 11.5 Å². The molecule has 0 atom stereocenters. The summed E-state index contributed by atoms with van der Waals surface area (Å²) in [5.74, 6) is -0.538. The number of aromatic hydroxyl groups is 2. The summed E-state index contributed by atoms with van der Waals surface area (Å²) in [6, 6.07) is 2.80. The quantitative estimate of drug-likeness (QED) is 0.344. The van der Waals surface area contributed by atoms with Crippen molar-refractivity contribution in [3.8, 4) is 11.5 Å². The molecule has 2 aliphatic heterocycles. The average molecular weight is 396 g/mol. The Hall–Kier alpha value is -1.64. The summed E-state index contributed by atoms with van der Waals surface area (Å²) in [6.07, 6.45) is 0. The number of carbonyl (C=O) groups excluding carboxylic acids is 2. The Balaban J connectivity index is 2.05. The van der Waals surface area contributed by atoms with Crippen molar-refractivity contribution in [1.29, 1.82) is 0 Å². The fraction of sp³-hybridized carbons (Fsp3) is 0.444. The van der Waals surface area contributed by atoms with Crippen LogP contribution in [-0.2, 0) is 14.3 Å². The van der Waals surface area contributed by atoms with Gasteiger partial charge in [0, 0.05) is 18.5 Å². The van der Waals surface area contributed by atoms with E-state index in [0.29, 0.717) is 40.3 Å². The first-order valence-electron chi connectivity index (χ1n) is 8.27. The molecule has 3 rings (SSSR count). The molecule has 2 N–H and O–H groups in total. The van der Waals surface area contributed by atoms with Gasteiger partial charge in [-0.25, -0.2) is 0 Å². The number of ketones is 1. The molecule has 0 radical (unpaired) electrons. The number of phenols is 2. The molecule has 0 aliphatic carbocycles. The molecule has 1 fully saturated rings. The van der Waals surface area contributed by atoms with Gasteiger partial charge in [-0.15, -0.1) is 0 Å². The Labute approximate surface area is 160 Å². The molecule has 8 heteroatoms. The zero-order chi connectivity index (χ0) is 19.1. The summed E-state index contributed by atoms with van der Waals surface area (Å²) < 4.78 is 5.79. The molecule has 26 heavy (non-hydrogen) atoms. The molecule has 0 bridgehead atoms. The average Bonchev–Trinajstić information content (AvgIpc) is 3.04. The Morgan fingerprint density at radius 3 is 2.00 bits per heavy atom. The molecule has 0 aromatic heterocycles. The van der Waals surface area contributed by atoms with Crippen molar-refractivity contribution < 1.29 is 24.5 Å². The number of rotatable bonds is 2. The number of amides is 1. The normalized spacial score (nSPS) is 17.2. The van der Waals surface area contributed by atoms with E-state index in [9.17, 15) is 19.8 Å². The Kier molecular flexibility index (Phi) is 5.28. The summed E-state index contributed by atoms with van der Waals surface area (Å²) in [4.78, 5) is 28.8. The monoisotopic (exact) mass is 395 g/mol. The third-order valence-corrected chi connectivity index (χ3v) is 6.73. The van der Waals surface area contributed by atoms with E-state index >= 15 is 0 Å². The van der Waals surface area contributed by atoms with Crippen LogP contribution in [0.2, 0.25) is 0 Å². The highest BCUT2D eigenvalue weighted by atomic mass is 32.2. The van der Waals surface area contributed by atoms with Gasteiger partial charge >= 0.3 is 0 Å². The lowest BCUT2D eigenvalue weighted by Gasteiger charge is -2.29. The predicted octanol–water partition coefficient (Wildman–Crippen LogP) is 2.98. The van der Waals surface area contributed by atoms with Crippen LogP contribution in [-0.4, -0.2) is 53.1 Å². The number of carbonyl (C=O) groups is 2. The third kappa shape index (κ3) is 3.58. The summed E-state index contributed by atoms with van der Waals surface area (Å²) in [6.45, 7) is 7.08. The van der Waals surface area contributed by atoms with Crippen molar-refractivity contribution in [3.63, 3.8) is 0 Å². The molecule has 1 saturated heterocycles. The van der Waals surface area contributed by atoms with Crippen molar-refractivity contribution in [2.75, 3.05) is 26.3 Å². The van der Waals surface area contributed by atoms with Gasteiger partial charge in [0.1, 0.15) is 17.1 Å². The van der Waals surface area contributed by atoms with Crippen molar-refractivity contribution in [3.05, 3.63) is 21.9 Å². The highest BCUT2D eigenvalue weighted by molar-refractivity contribution is 8.25. The summed E-state index contributed by atoms with van der Waals surface area (Å²) in [5, 5.41) is 20.2. The second kappa shape index (κ2) is 7.17. The number of morpholine rings is 1. The van der Waals surface area contributed by atoms with Gasteiger partial charge in [-0.05, 0) is 12.1 Å². The van der Waals surface area contributed by atoms with E-state index in [1.165, 1.54) is 12.1 Å². The predicted molar refractivity (Wildman–Crippen MR) is 100 cm³/mol. The van der Waals surface area contributed by atoms with Gasteiger partial charge < -0.3 is 19.8 Å². The molecule has 6 nitrogen and oxygen atoms in total. The number of ether oxygens (including phenoxy) is 1.